The highest BCUT2D eigenvalue weighted by atomic mass is 16.6. The van der Waals surface area contributed by atoms with Crippen molar-refractivity contribution in [3.05, 3.63) is 95.6 Å². The second kappa shape index (κ2) is 11.9. The van der Waals surface area contributed by atoms with Crippen LogP contribution in [0, 0.1) is 5.92 Å². The standard InChI is InChI=1S/C30H30N2O6/c33-27(32-19-38-28(21-14-15-21)29(34)36-17-20-8-2-1-3-9-20)16-31-30(35)37-18-26-24-12-6-4-10-22(24)23-11-5-7-13-25(23)26/h1-13,21,26,28H,14-19H2,(H,31,35)(H,32,33)/t28-/m1/s1. The molecule has 8 nitrogen and oxygen atoms in total. The minimum Gasteiger partial charge on any atom is -0.459 e. The van der Waals surface area contributed by atoms with Crippen molar-refractivity contribution in [1.29, 1.82) is 0 Å². The van der Waals surface area contributed by atoms with E-state index in [4.69, 9.17) is 14.2 Å². The number of carbonyl (C=O) groups excluding carboxylic acids is 3. The molecule has 0 radical (unpaired) electrons. The zero-order valence-corrected chi connectivity index (χ0v) is 20.9. The maximum atomic E-state index is 12.5. The molecule has 1 atom stereocenters. The first-order valence-electron chi connectivity index (χ1n) is 12.8. The number of amides is 2. The quantitative estimate of drug-likeness (QED) is 0.295. The molecular formula is C30H30N2O6. The minimum atomic E-state index is -0.728. The zero-order chi connectivity index (χ0) is 26.3. The molecule has 0 aromatic heterocycles. The first-order chi connectivity index (χ1) is 18.6. The van der Waals surface area contributed by atoms with Gasteiger partial charge < -0.3 is 24.8 Å². The van der Waals surface area contributed by atoms with Crippen LogP contribution in [0.5, 0.6) is 0 Å². The number of hydrogen-bond acceptors (Lipinski definition) is 6. The molecule has 0 spiro atoms. The van der Waals surface area contributed by atoms with Crippen LogP contribution in [-0.4, -0.2) is 44.0 Å². The summed E-state index contributed by atoms with van der Waals surface area (Å²) in [6, 6.07) is 25.6. The van der Waals surface area contributed by atoms with Crippen molar-refractivity contribution >= 4 is 18.0 Å². The Bertz CT molecular complexity index is 1250. The van der Waals surface area contributed by atoms with Crippen molar-refractivity contribution in [2.24, 2.45) is 5.92 Å². The molecule has 2 aliphatic rings. The van der Waals surface area contributed by atoms with E-state index in [2.05, 4.69) is 22.8 Å². The lowest BCUT2D eigenvalue weighted by Crippen LogP contribution is -2.40. The van der Waals surface area contributed by atoms with E-state index < -0.39 is 24.1 Å². The fourth-order valence-corrected chi connectivity index (χ4v) is 4.68. The lowest BCUT2D eigenvalue weighted by Gasteiger charge is -2.17. The lowest BCUT2D eigenvalue weighted by molar-refractivity contribution is -0.161. The molecule has 2 N–H and O–H groups in total. The van der Waals surface area contributed by atoms with E-state index >= 15 is 0 Å². The van der Waals surface area contributed by atoms with Gasteiger partial charge in [-0.3, -0.25) is 4.79 Å². The van der Waals surface area contributed by atoms with Gasteiger partial charge in [0.2, 0.25) is 5.91 Å². The van der Waals surface area contributed by atoms with Crippen molar-refractivity contribution in [2.45, 2.75) is 31.5 Å². The van der Waals surface area contributed by atoms with Crippen LogP contribution in [0.3, 0.4) is 0 Å². The monoisotopic (exact) mass is 514 g/mol. The van der Waals surface area contributed by atoms with Crippen LogP contribution in [-0.2, 0) is 30.4 Å². The van der Waals surface area contributed by atoms with E-state index in [0.717, 1.165) is 40.7 Å². The van der Waals surface area contributed by atoms with Gasteiger partial charge in [0.25, 0.3) is 0 Å². The molecule has 0 saturated heterocycles. The Balaban J connectivity index is 1.03. The van der Waals surface area contributed by atoms with Crippen molar-refractivity contribution in [2.75, 3.05) is 19.9 Å². The van der Waals surface area contributed by atoms with Crippen molar-refractivity contribution in [3.63, 3.8) is 0 Å². The van der Waals surface area contributed by atoms with Crippen molar-refractivity contribution < 1.29 is 28.6 Å². The topological polar surface area (TPSA) is 103 Å². The number of fused-ring (bicyclic) bond motifs is 3. The minimum absolute atomic E-state index is 0.0589. The van der Waals surface area contributed by atoms with E-state index in [0.29, 0.717) is 0 Å². The van der Waals surface area contributed by atoms with E-state index in [1.165, 1.54) is 0 Å². The highest BCUT2D eigenvalue weighted by Crippen LogP contribution is 2.44. The van der Waals surface area contributed by atoms with Crippen LogP contribution < -0.4 is 10.6 Å². The molecule has 3 aromatic carbocycles. The summed E-state index contributed by atoms with van der Waals surface area (Å²) in [4.78, 5) is 37.0. The summed E-state index contributed by atoms with van der Waals surface area (Å²) in [6.07, 6.45) is 0.350. The van der Waals surface area contributed by atoms with Gasteiger partial charge in [-0.2, -0.15) is 0 Å². The average Bonchev–Trinajstić information content (AvgIpc) is 3.74. The van der Waals surface area contributed by atoms with E-state index in [1.54, 1.807) is 0 Å². The Morgan fingerprint density at radius 2 is 1.42 bits per heavy atom. The predicted octanol–water partition coefficient (Wildman–Crippen LogP) is 4.14. The summed E-state index contributed by atoms with van der Waals surface area (Å²) in [7, 11) is 0. The van der Waals surface area contributed by atoms with Gasteiger partial charge in [-0.05, 0) is 46.6 Å². The smallest absolute Gasteiger partial charge is 0.407 e. The maximum absolute atomic E-state index is 12.5. The normalized spacial score (nSPS) is 14.6. The van der Waals surface area contributed by atoms with Crippen molar-refractivity contribution in [3.8, 4) is 11.1 Å². The molecule has 0 heterocycles. The number of alkyl carbamates (subject to hydrolysis) is 1. The summed E-state index contributed by atoms with van der Waals surface area (Å²) < 4.78 is 16.5. The Kier molecular flexibility index (Phi) is 7.99. The third-order valence-corrected chi connectivity index (χ3v) is 6.78. The summed E-state index contributed by atoms with van der Waals surface area (Å²) in [5.74, 6) is -0.862. The summed E-state index contributed by atoms with van der Waals surface area (Å²) >= 11 is 0. The molecular weight excluding hydrogens is 484 g/mol. The predicted molar refractivity (Wildman–Crippen MR) is 140 cm³/mol. The molecule has 2 aliphatic carbocycles. The van der Waals surface area contributed by atoms with Gasteiger partial charge >= 0.3 is 12.1 Å². The number of ether oxygens (including phenoxy) is 3. The number of esters is 1. The second-order valence-corrected chi connectivity index (χ2v) is 9.44. The third kappa shape index (κ3) is 6.20. The van der Waals surface area contributed by atoms with Gasteiger partial charge in [-0.1, -0.05) is 78.9 Å². The molecule has 8 heteroatoms. The molecule has 0 aliphatic heterocycles. The molecule has 0 unspecified atom stereocenters. The van der Waals surface area contributed by atoms with Crippen LogP contribution in [0.15, 0.2) is 78.9 Å². The molecule has 2 amide bonds. The Morgan fingerprint density at radius 3 is 2.08 bits per heavy atom. The summed E-state index contributed by atoms with van der Waals surface area (Å²) in [6.45, 7) is -0.0964. The van der Waals surface area contributed by atoms with Gasteiger partial charge in [0.1, 0.15) is 26.5 Å². The van der Waals surface area contributed by atoms with Crippen molar-refractivity contribution in [1.82, 2.24) is 10.6 Å². The van der Waals surface area contributed by atoms with Crippen LogP contribution in [0.1, 0.15) is 35.4 Å². The van der Waals surface area contributed by atoms with Gasteiger partial charge in [0, 0.05) is 5.92 Å². The summed E-state index contributed by atoms with van der Waals surface area (Å²) in [5.41, 5.74) is 5.41. The first-order valence-corrected chi connectivity index (χ1v) is 12.8. The number of benzene rings is 3. The molecule has 1 fully saturated rings. The Morgan fingerprint density at radius 1 is 0.789 bits per heavy atom. The Hall–Kier alpha value is -4.17. The van der Waals surface area contributed by atoms with E-state index in [9.17, 15) is 14.4 Å². The maximum Gasteiger partial charge on any atom is 0.407 e. The highest BCUT2D eigenvalue weighted by molar-refractivity contribution is 5.82. The molecule has 196 valence electrons. The SMILES string of the molecule is O=C(CNC(=O)OCC1c2ccccc2-c2ccccc21)NCO[C@@H](C(=O)OCc1ccccc1)C1CC1. The number of carbonyl (C=O) groups is 3. The van der Waals surface area contributed by atoms with Gasteiger partial charge in [-0.25, -0.2) is 9.59 Å². The average molecular weight is 515 g/mol. The van der Waals surface area contributed by atoms with Gasteiger partial charge in [0.05, 0.1) is 0 Å². The van der Waals surface area contributed by atoms with Crippen LogP contribution >= 0.6 is 0 Å². The van der Waals surface area contributed by atoms with Crippen LogP contribution in [0.25, 0.3) is 11.1 Å². The first kappa shape index (κ1) is 25.5. The van der Waals surface area contributed by atoms with E-state index in [-0.39, 0.29) is 38.3 Å². The van der Waals surface area contributed by atoms with Gasteiger partial charge in [-0.15, -0.1) is 0 Å². The molecule has 3 aromatic rings. The zero-order valence-electron chi connectivity index (χ0n) is 20.9. The largest absolute Gasteiger partial charge is 0.459 e. The highest BCUT2D eigenvalue weighted by Gasteiger charge is 2.38. The summed E-state index contributed by atoms with van der Waals surface area (Å²) in [5, 5.41) is 5.03. The molecule has 1 saturated carbocycles. The van der Waals surface area contributed by atoms with E-state index in [1.807, 2.05) is 66.7 Å². The fraction of sp³-hybridized carbons (Fsp3) is 0.300. The van der Waals surface area contributed by atoms with Crippen LogP contribution in [0.4, 0.5) is 4.79 Å². The molecule has 5 rings (SSSR count). The molecule has 38 heavy (non-hydrogen) atoms. The molecule has 0 bridgehead atoms. The fourth-order valence-electron chi connectivity index (χ4n) is 4.68. The third-order valence-electron chi connectivity index (χ3n) is 6.78. The van der Waals surface area contributed by atoms with Crippen LogP contribution in [0.2, 0.25) is 0 Å². The number of hydrogen-bond donors (Lipinski definition) is 2. The number of rotatable bonds is 11. The lowest BCUT2D eigenvalue weighted by atomic mass is 9.98. The number of nitrogens with one attached hydrogen (secondary N) is 2. The Labute approximate surface area is 221 Å². The second-order valence-electron chi connectivity index (χ2n) is 9.44. The van der Waals surface area contributed by atoms with Gasteiger partial charge in [0.15, 0.2) is 6.10 Å².